The molecule has 2 heterocycles. The van der Waals surface area contributed by atoms with Crippen molar-refractivity contribution >= 4 is 0 Å². The molecule has 5 nitrogen and oxygen atoms in total. The van der Waals surface area contributed by atoms with Crippen LogP contribution in [0.5, 0.6) is 0 Å². The lowest BCUT2D eigenvalue weighted by Gasteiger charge is -2.08. The van der Waals surface area contributed by atoms with Gasteiger partial charge in [-0.2, -0.15) is 0 Å². The summed E-state index contributed by atoms with van der Waals surface area (Å²) in [6.07, 6.45) is 7.54. The average molecular weight is 219 g/mol. The maximum atomic E-state index is 4.33. The molecule has 0 aliphatic carbocycles. The van der Waals surface area contributed by atoms with Crippen molar-refractivity contribution < 1.29 is 0 Å². The van der Waals surface area contributed by atoms with Gasteiger partial charge in [0.1, 0.15) is 5.82 Å². The molecular weight excluding hydrogens is 202 g/mol. The Kier molecular flexibility index (Phi) is 3.36. The first kappa shape index (κ1) is 10.9. The van der Waals surface area contributed by atoms with Gasteiger partial charge in [-0.15, -0.1) is 0 Å². The number of rotatable bonds is 5. The summed E-state index contributed by atoms with van der Waals surface area (Å²) < 4.78 is 4.16. The van der Waals surface area contributed by atoms with Crippen LogP contribution in [0.25, 0.3) is 0 Å². The van der Waals surface area contributed by atoms with Gasteiger partial charge in [-0.1, -0.05) is 6.92 Å². The minimum atomic E-state index is 0.807. The zero-order valence-electron chi connectivity index (χ0n) is 9.72. The molecule has 0 aliphatic rings. The Morgan fingerprint density at radius 1 is 1.44 bits per heavy atom. The fourth-order valence-electron chi connectivity index (χ4n) is 1.60. The summed E-state index contributed by atoms with van der Waals surface area (Å²) in [6, 6.07) is 0. The second kappa shape index (κ2) is 4.94. The molecule has 2 rings (SSSR count). The molecule has 0 amide bonds. The van der Waals surface area contributed by atoms with Crippen LogP contribution < -0.4 is 5.32 Å². The Morgan fingerprint density at radius 3 is 3.00 bits per heavy atom. The summed E-state index contributed by atoms with van der Waals surface area (Å²) in [5.41, 5.74) is 1.18. The first-order valence-electron chi connectivity index (χ1n) is 5.47. The zero-order valence-corrected chi connectivity index (χ0v) is 9.72. The predicted molar refractivity (Wildman–Crippen MR) is 61.9 cm³/mol. The van der Waals surface area contributed by atoms with E-state index in [0.29, 0.717) is 0 Å². The topological polar surface area (TPSA) is 47.7 Å². The standard InChI is InChI=1S/C11H17N5/c1-3-12-7-11-14-4-5-16(11)8-10-6-13-9-15(10)2/h4-6,9,12H,3,7-8H2,1-2H3. The van der Waals surface area contributed by atoms with Gasteiger partial charge in [0.05, 0.1) is 25.1 Å². The minimum absolute atomic E-state index is 0.807. The van der Waals surface area contributed by atoms with Crippen LogP contribution in [0, 0.1) is 0 Å². The van der Waals surface area contributed by atoms with E-state index in [2.05, 4.69) is 26.8 Å². The molecule has 0 radical (unpaired) electrons. The molecule has 0 bridgehead atoms. The van der Waals surface area contributed by atoms with Crippen LogP contribution in [0.4, 0.5) is 0 Å². The lowest BCUT2D eigenvalue weighted by Crippen LogP contribution is -2.17. The van der Waals surface area contributed by atoms with Crippen LogP contribution >= 0.6 is 0 Å². The van der Waals surface area contributed by atoms with E-state index in [1.165, 1.54) is 5.69 Å². The van der Waals surface area contributed by atoms with Crippen molar-refractivity contribution in [3.63, 3.8) is 0 Å². The molecule has 5 heteroatoms. The average Bonchev–Trinajstić information content (AvgIpc) is 2.87. The number of aromatic nitrogens is 4. The molecule has 0 aliphatic heterocycles. The molecule has 2 aromatic heterocycles. The van der Waals surface area contributed by atoms with Crippen LogP contribution in [-0.4, -0.2) is 25.6 Å². The SMILES string of the molecule is CCNCc1nccn1Cc1cncn1C. The maximum absolute atomic E-state index is 4.33. The van der Waals surface area contributed by atoms with Crippen LogP contribution in [-0.2, 0) is 20.1 Å². The summed E-state index contributed by atoms with van der Waals surface area (Å²) in [6.45, 7) is 4.67. The normalized spacial score (nSPS) is 10.9. The van der Waals surface area contributed by atoms with E-state index in [0.717, 1.165) is 25.5 Å². The lowest BCUT2D eigenvalue weighted by molar-refractivity contribution is 0.625. The summed E-state index contributed by atoms with van der Waals surface area (Å²) in [5.74, 6) is 1.06. The molecule has 0 unspecified atom stereocenters. The van der Waals surface area contributed by atoms with Crippen molar-refractivity contribution in [3.05, 3.63) is 36.4 Å². The molecule has 86 valence electrons. The van der Waals surface area contributed by atoms with Crippen molar-refractivity contribution in [1.29, 1.82) is 0 Å². The molecule has 0 saturated carbocycles. The van der Waals surface area contributed by atoms with Gasteiger partial charge in [0.25, 0.3) is 0 Å². The highest BCUT2D eigenvalue weighted by atomic mass is 15.1. The fraction of sp³-hybridized carbons (Fsp3) is 0.455. The summed E-state index contributed by atoms with van der Waals surface area (Å²) in [4.78, 5) is 8.44. The summed E-state index contributed by atoms with van der Waals surface area (Å²) >= 11 is 0. The van der Waals surface area contributed by atoms with E-state index < -0.39 is 0 Å². The quantitative estimate of drug-likeness (QED) is 0.808. The first-order chi connectivity index (χ1) is 7.81. The van der Waals surface area contributed by atoms with Gasteiger partial charge >= 0.3 is 0 Å². The van der Waals surface area contributed by atoms with Crippen molar-refractivity contribution in [2.24, 2.45) is 7.05 Å². The van der Waals surface area contributed by atoms with Gasteiger partial charge in [0.2, 0.25) is 0 Å². The van der Waals surface area contributed by atoms with Gasteiger partial charge in [-0.05, 0) is 6.54 Å². The van der Waals surface area contributed by atoms with Gasteiger partial charge in [0.15, 0.2) is 0 Å². The zero-order chi connectivity index (χ0) is 11.4. The minimum Gasteiger partial charge on any atom is -0.336 e. The van der Waals surface area contributed by atoms with E-state index in [9.17, 15) is 0 Å². The highest BCUT2D eigenvalue weighted by Gasteiger charge is 2.04. The molecular formula is C11H17N5. The van der Waals surface area contributed by atoms with Crippen molar-refractivity contribution in [3.8, 4) is 0 Å². The fourth-order valence-corrected chi connectivity index (χ4v) is 1.60. The Morgan fingerprint density at radius 2 is 2.31 bits per heavy atom. The number of imidazole rings is 2. The molecule has 0 aromatic carbocycles. The van der Waals surface area contributed by atoms with Gasteiger partial charge in [0, 0.05) is 25.6 Å². The molecule has 0 spiro atoms. The number of hydrogen-bond donors (Lipinski definition) is 1. The third-order valence-electron chi connectivity index (χ3n) is 2.58. The molecule has 0 atom stereocenters. The van der Waals surface area contributed by atoms with E-state index in [1.54, 1.807) is 0 Å². The van der Waals surface area contributed by atoms with Crippen LogP contribution in [0.3, 0.4) is 0 Å². The summed E-state index contributed by atoms with van der Waals surface area (Å²) in [7, 11) is 2.00. The smallest absolute Gasteiger partial charge is 0.123 e. The van der Waals surface area contributed by atoms with Crippen LogP contribution in [0.1, 0.15) is 18.4 Å². The molecule has 1 N–H and O–H groups in total. The third-order valence-corrected chi connectivity index (χ3v) is 2.58. The number of hydrogen-bond acceptors (Lipinski definition) is 3. The van der Waals surface area contributed by atoms with E-state index >= 15 is 0 Å². The number of nitrogens with one attached hydrogen (secondary N) is 1. The monoisotopic (exact) mass is 219 g/mol. The molecule has 2 aromatic rings. The van der Waals surface area contributed by atoms with Gasteiger partial charge in [-0.25, -0.2) is 9.97 Å². The third kappa shape index (κ3) is 2.30. The predicted octanol–water partition coefficient (Wildman–Crippen LogP) is 0.774. The Labute approximate surface area is 95.1 Å². The molecule has 0 saturated heterocycles. The van der Waals surface area contributed by atoms with Crippen molar-refractivity contribution in [1.82, 2.24) is 24.4 Å². The van der Waals surface area contributed by atoms with Gasteiger partial charge < -0.3 is 14.5 Å². The summed E-state index contributed by atoms with van der Waals surface area (Å²) in [5, 5.41) is 3.28. The van der Waals surface area contributed by atoms with Crippen molar-refractivity contribution in [2.45, 2.75) is 20.0 Å². The maximum Gasteiger partial charge on any atom is 0.123 e. The Bertz CT molecular complexity index is 443. The Hall–Kier alpha value is -1.62. The van der Waals surface area contributed by atoms with E-state index in [4.69, 9.17) is 0 Å². The lowest BCUT2D eigenvalue weighted by atomic mass is 10.4. The largest absolute Gasteiger partial charge is 0.336 e. The number of aryl methyl sites for hydroxylation is 1. The second-order valence-corrected chi connectivity index (χ2v) is 3.75. The molecule has 0 fully saturated rings. The highest BCUT2D eigenvalue weighted by molar-refractivity contribution is 5.02. The first-order valence-corrected chi connectivity index (χ1v) is 5.47. The van der Waals surface area contributed by atoms with Crippen LogP contribution in [0.15, 0.2) is 24.9 Å². The Balaban J connectivity index is 2.09. The number of nitrogens with zero attached hydrogens (tertiary/aromatic N) is 4. The second-order valence-electron chi connectivity index (χ2n) is 3.75. The van der Waals surface area contributed by atoms with Gasteiger partial charge in [-0.3, -0.25) is 0 Å². The molecule has 16 heavy (non-hydrogen) atoms. The van der Waals surface area contributed by atoms with Crippen molar-refractivity contribution in [2.75, 3.05) is 6.54 Å². The van der Waals surface area contributed by atoms with E-state index in [1.807, 2.05) is 36.5 Å². The van der Waals surface area contributed by atoms with Crippen LogP contribution in [0.2, 0.25) is 0 Å². The van der Waals surface area contributed by atoms with E-state index in [-0.39, 0.29) is 0 Å². The highest BCUT2D eigenvalue weighted by Crippen LogP contribution is 2.04.